The van der Waals surface area contributed by atoms with Crippen molar-refractivity contribution in [1.29, 1.82) is 0 Å². The molecule has 0 bridgehead atoms. The molecule has 126 valence electrons. The normalized spacial score (nSPS) is 13.3. The van der Waals surface area contributed by atoms with Crippen LogP contribution in [-0.4, -0.2) is 35.9 Å². The molecule has 24 heavy (non-hydrogen) atoms. The molecular formula is C18H20N2O4. The Morgan fingerprint density at radius 3 is 2.71 bits per heavy atom. The number of fused-ring (bicyclic) bond motifs is 1. The van der Waals surface area contributed by atoms with Crippen molar-refractivity contribution in [3.8, 4) is 17.2 Å². The summed E-state index contributed by atoms with van der Waals surface area (Å²) in [6.07, 6.45) is 3.29. The van der Waals surface area contributed by atoms with Crippen LogP contribution in [0.5, 0.6) is 17.2 Å². The molecule has 3 rings (SSSR count). The highest BCUT2D eigenvalue weighted by atomic mass is 16.6. The predicted octanol–water partition coefficient (Wildman–Crippen LogP) is 2.71. The predicted molar refractivity (Wildman–Crippen MR) is 90.0 cm³/mol. The zero-order valence-corrected chi connectivity index (χ0v) is 14.3. The minimum Gasteiger partial charge on any atom is -0.493 e. The zero-order chi connectivity index (χ0) is 17.3. The van der Waals surface area contributed by atoms with Crippen LogP contribution in [-0.2, 0) is 7.05 Å². The number of hydrogen-bond acceptors (Lipinski definition) is 5. The second-order valence-corrected chi connectivity index (χ2v) is 5.61. The average Bonchev–Trinajstić information content (AvgIpc) is 2.84. The highest BCUT2D eigenvalue weighted by Crippen LogP contribution is 2.40. The van der Waals surface area contributed by atoms with Gasteiger partial charge in [-0.15, -0.1) is 0 Å². The Hall–Kier alpha value is -2.76. The number of carbonyl (C=O) groups excluding carboxylic acids is 1. The quantitative estimate of drug-likeness (QED) is 0.638. The first-order chi connectivity index (χ1) is 11.5. The summed E-state index contributed by atoms with van der Waals surface area (Å²) in [7, 11) is 3.41. The van der Waals surface area contributed by atoms with E-state index >= 15 is 0 Å². The van der Waals surface area contributed by atoms with Gasteiger partial charge in [-0.25, -0.2) is 0 Å². The SMILES string of the molecule is COc1cc(/C=C/C(=O)c2c(C)nn(C)c2C)cc2c1OCCO2. The Bertz CT molecular complexity index is 804. The van der Waals surface area contributed by atoms with Crippen LogP contribution in [0.15, 0.2) is 18.2 Å². The van der Waals surface area contributed by atoms with Crippen molar-refractivity contribution in [3.63, 3.8) is 0 Å². The van der Waals surface area contributed by atoms with Gasteiger partial charge in [0.1, 0.15) is 13.2 Å². The van der Waals surface area contributed by atoms with Gasteiger partial charge in [0.25, 0.3) is 0 Å². The Morgan fingerprint density at radius 2 is 2.04 bits per heavy atom. The van der Waals surface area contributed by atoms with Crippen LogP contribution in [0.4, 0.5) is 0 Å². The summed E-state index contributed by atoms with van der Waals surface area (Å²) in [6, 6.07) is 3.66. The Labute approximate surface area is 140 Å². The summed E-state index contributed by atoms with van der Waals surface area (Å²) < 4.78 is 18.2. The van der Waals surface area contributed by atoms with E-state index in [1.54, 1.807) is 23.9 Å². The smallest absolute Gasteiger partial charge is 0.203 e. The molecule has 0 amide bonds. The molecule has 0 fully saturated rings. The minimum absolute atomic E-state index is 0.0769. The van der Waals surface area contributed by atoms with Crippen molar-refractivity contribution < 1.29 is 19.0 Å². The molecule has 6 heteroatoms. The van der Waals surface area contributed by atoms with Crippen molar-refractivity contribution in [1.82, 2.24) is 9.78 Å². The number of benzene rings is 1. The molecule has 2 aromatic rings. The number of rotatable bonds is 4. The number of methoxy groups -OCH3 is 1. The monoisotopic (exact) mass is 328 g/mol. The van der Waals surface area contributed by atoms with Gasteiger partial charge in [0.05, 0.1) is 18.4 Å². The summed E-state index contributed by atoms with van der Waals surface area (Å²) >= 11 is 0. The third-order valence-electron chi connectivity index (χ3n) is 4.03. The van der Waals surface area contributed by atoms with E-state index in [1.807, 2.05) is 33.0 Å². The van der Waals surface area contributed by atoms with Crippen LogP contribution in [0.3, 0.4) is 0 Å². The van der Waals surface area contributed by atoms with E-state index < -0.39 is 0 Å². The highest BCUT2D eigenvalue weighted by Gasteiger charge is 2.18. The van der Waals surface area contributed by atoms with Crippen LogP contribution >= 0.6 is 0 Å². The molecule has 0 atom stereocenters. The van der Waals surface area contributed by atoms with E-state index in [1.165, 1.54) is 0 Å². The number of ether oxygens (including phenoxy) is 3. The number of carbonyl (C=O) groups is 1. The highest BCUT2D eigenvalue weighted by molar-refractivity contribution is 6.08. The van der Waals surface area contributed by atoms with Crippen molar-refractivity contribution in [2.24, 2.45) is 7.05 Å². The van der Waals surface area contributed by atoms with Gasteiger partial charge in [0, 0.05) is 12.7 Å². The van der Waals surface area contributed by atoms with Crippen molar-refractivity contribution in [3.05, 3.63) is 40.7 Å². The van der Waals surface area contributed by atoms with Crippen LogP contribution in [0.25, 0.3) is 6.08 Å². The lowest BCUT2D eigenvalue weighted by atomic mass is 10.1. The third-order valence-corrected chi connectivity index (χ3v) is 4.03. The molecule has 1 aliphatic heterocycles. The standard InChI is InChI=1S/C18H20N2O4/c1-11-17(12(2)20(3)19-11)14(21)6-5-13-9-15(22-4)18-16(10-13)23-7-8-24-18/h5-6,9-10H,7-8H2,1-4H3/b6-5+. The summed E-state index contributed by atoms with van der Waals surface area (Å²) in [6.45, 7) is 4.71. The Morgan fingerprint density at radius 1 is 1.29 bits per heavy atom. The Kier molecular flexibility index (Phi) is 4.29. The first-order valence-electron chi connectivity index (χ1n) is 7.71. The molecule has 6 nitrogen and oxygen atoms in total. The van der Waals surface area contributed by atoms with Gasteiger partial charge in [-0.05, 0) is 37.6 Å². The Balaban J connectivity index is 1.90. The number of nitrogens with zero attached hydrogens (tertiary/aromatic N) is 2. The van der Waals surface area contributed by atoms with Gasteiger partial charge in [0.2, 0.25) is 5.75 Å². The topological polar surface area (TPSA) is 62.6 Å². The molecular weight excluding hydrogens is 308 g/mol. The van der Waals surface area contributed by atoms with E-state index in [9.17, 15) is 4.79 Å². The largest absolute Gasteiger partial charge is 0.493 e. The number of hydrogen-bond donors (Lipinski definition) is 0. The van der Waals surface area contributed by atoms with Crippen LogP contribution in [0, 0.1) is 13.8 Å². The number of allylic oxidation sites excluding steroid dienone is 1. The van der Waals surface area contributed by atoms with Gasteiger partial charge < -0.3 is 14.2 Å². The van der Waals surface area contributed by atoms with E-state index in [0.717, 1.165) is 17.0 Å². The lowest BCUT2D eigenvalue weighted by Gasteiger charge is -2.20. The lowest BCUT2D eigenvalue weighted by Crippen LogP contribution is -2.16. The number of aromatic nitrogens is 2. The molecule has 1 aromatic carbocycles. The molecule has 0 unspecified atom stereocenters. The van der Waals surface area contributed by atoms with Crippen LogP contribution in [0.2, 0.25) is 0 Å². The van der Waals surface area contributed by atoms with Gasteiger partial charge in [-0.1, -0.05) is 6.08 Å². The van der Waals surface area contributed by atoms with E-state index in [0.29, 0.717) is 36.0 Å². The lowest BCUT2D eigenvalue weighted by molar-refractivity contribution is 0.104. The van der Waals surface area contributed by atoms with Gasteiger partial charge in [-0.2, -0.15) is 5.10 Å². The fourth-order valence-electron chi connectivity index (χ4n) is 2.78. The summed E-state index contributed by atoms with van der Waals surface area (Å²) in [5, 5.41) is 4.28. The zero-order valence-electron chi connectivity index (χ0n) is 14.3. The summed E-state index contributed by atoms with van der Waals surface area (Å²) in [4.78, 5) is 12.5. The van der Waals surface area contributed by atoms with Crippen molar-refractivity contribution in [2.45, 2.75) is 13.8 Å². The number of aryl methyl sites for hydroxylation is 2. The maximum atomic E-state index is 12.5. The van der Waals surface area contributed by atoms with Gasteiger partial charge in [0.15, 0.2) is 17.3 Å². The van der Waals surface area contributed by atoms with E-state index in [2.05, 4.69) is 5.10 Å². The molecule has 2 heterocycles. The molecule has 1 aliphatic rings. The average molecular weight is 328 g/mol. The van der Waals surface area contributed by atoms with Gasteiger partial charge >= 0.3 is 0 Å². The van der Waals surface area contributed by atoms with Gasteiger partial charge in [-0.3, -0.25) is 9.48 Å². The van der Waals surface area contributed by atoms with E-state index in [4.69, 9.17) is 14.2 Å². The fraction of sp³-hybridized carbons (Fsp3) is 0.333. The molecule has 0 N–H and O–H groups in total. The van der Waals surface area contributed by atoms with Crippen LogP contribution < -0.4 is 14.2 Å². The molecule has 0 spiro atoms. The maximum absolute atomic E-state index is 12.5. The summed E-state index contributed by atoms with van der Waals surface area (Å²) in [5.41, 5.74) is 3.02. The third kappa shape index (κ3) is 2.87. The second kappa shape index (κ2) is 6.39. The first-order valence-corrected chi connectivity index (χ1v) is 7.71. The maximum Gasteiger partial charge on any atom is 0.203 e. The van der Waals surface area contributed by atoms with E-state index in [-0.39, 0.29) is 5.78 Å². The van der Waals surface area contributed by atoms with Crippen molar-refractivity contribution >= 4 is 11.9 Å². The van der Waals surface area contributed by atoms with Crippen LogP contribution in [0.1, 0.15) is 27.3 Å². The molecule has 0 saturated heterocycles. The first kappa shape index (κ1) is 16.1. The fourth-order valence-corrected chi connectivity index (χ4v) is 2.78. The minimum atomic E-state index is -0.0769. The molecule has 0 saturated carbocycles. The second-order valence-electron chi connectivity index (χ2n) is 5.61. The number of ketones is 1. The molecule has 1 aromatic heterocycles. The van der Waals surface area contributed by atoms with Crippen molar-refractivity contribution in [2.75, 3.05) is 20.3 Å². The molecule has 0 aliphatic carbocycles. The molecule has 0 radical (unpaired) electrons. The summed E-state index contributed by atoms with van der Waals surface area (Å²) in [5.74, 6) is 1.74.